The maximum Gasteiger partial charge on any atom is 0.246 e. The van der Waals surface area contributed by atoms with Crippen molar-refractivity contribution in [1.29, 1.82) is 0 Å². The van der Waals surface area contributed by atoms with Gasteiger partial charge in [-0.05, 0) is 49.6 Å². The Bertz CT molecular complexity index is 1180. The number of aromatic nitrogens is 4. The van der Waals surface area contributed by atoms with Gasteiger partial charge in [-0.15, -0.1) is 15.3 Å². The van der Waals surface area contributed by atoms with Crippen LogP contribution in [0.3, 0.4) is 0 Å². The highest BCUT2D eigenvalue weighted by molar-refractivity contribution is 7.89. The number of anilines is 1. The number of aryl methyl sites for hydroxylation is 1. The molecule has 1 fully saturated rings. The molecule has 1 aromatic carbocycles. The van der Waals surface area contributed by atoms with E-state index >= 15 is 0 Å². The van der Waals surface area contributed by atoms with E-state index in [9.17, 15) is 8.42 Å². The van der Waals surface area contributed by atoms with E-state index in [-0.39, 0.29) is 10.8 Å². The van der Waals surface area contributed by atoms with Crippen LogP contribution in [0.2, 0.25) is 0 Å². The number of hydrogen-bond acceptors (Lipinski definition) is 7. The first-order valence-corrected chi connectivity index (χ1v) is 12.0. The minimum absolute atomic E-state index is 0.226. The first-order chi connectivity index (χ1) is 14.8. The minimum Gasteiger partial charge on any atom is -0.492 e. The molecule has 1 aliphatic rings. The second-order valence-electron chi connectivity index (χ2n) is 7.89. The average Bonchev–Trinajstić information content (AvgIpc) is 3.14. The molecular weight excluding hydrogens is 416 g/mol. The maximum atomic E-state index is 13.5. The van der Waals surface area contributed by atoms with Crippen LogP contribution in [0.4, 0.5) is 5.82 Å². The quantitative estimate of drug-likeness (QED) is 0.577. The molecule has 0 aliphatic carbocycles. The van der Waals surface area contributed by atoms with E-state index in [0.29, 0.717) is 50.0 Å². The number of rotatable bonds is 6. The van der Waals surface area contributed by atoms with Crippen LogP contribution in [0, 0.1) is 6.92 Å². The molecule has 0 bridgehead atoms. The fraction of sp³-hybridized carbons (Fsp3) is 0.476. The first kappa shape index (κ1) is 21.5. The summed E-state index contributed by atoms with van der Waals surface area (Å²) < 4.78 is 35.8. The normalized spacial score (nSPS) is 15.7. The third-order valence-electron chi connectivity index (χ3n) is 5.52. The molecule has 0 N–H and O–H groups in total. The number of ether oxygens (including phenoxy) is 1. The number of fused-ring (bicyclic) bond motifs is 1. The number of benzene rings is 1. The Morgan fingerprint density at radius 1 is 1.06 bits per heavy atom. The third kappa shape index (κ3) is 4.09. The van der Waals surface area contributed by atoms with Crippen LogP contribution in [-0.4, -0.2) is 65.3 Å². The van der Waals surface area contributed by atoms with Crippen molar-refractivity contribution < 1.29 is 13.2 Å². The lowest BCUT2D eigenvalue weighted by Crippen LogP contribution is -2.49. The van der Waals surface area contributed by atoms with Crippen LogP contribution in [-0.2, 0) is 10.0 Å². The van der Waals surface area contributed by atoms with Crippen LogP contribution >= 0.6 is 0 Å². The fourth-order valence-electron chi connectivity index (χ4n) is 3.71. The van der Waals surface area contributed by atoms with E-state index in [1.165, 1.54) is 4.31 Å². The van der Waals surface area contributed by atoms with Crippen molar-refractivity contribution in [2.24, 2.45) is 0 Å². The topological polar surface area (TPSA) is 92.9 Å². The molecule has 0 spiro atoms. The molecule has 166 valence electrons. The number of piperazine rings is 1. The second-order valence-corrected chi connectivity index (χ2v) is 9.80. The van der Waals surface area contributed by atoms with Crippen molar-refractivity contribution in [2.75, 3.05) is 37.7 Å². The van der Waals surface area contributed by atoms with Gasteiger partial charge >= 0.3 is 0 Å². The van der Waals surface area contributed by atoms with Crippen molar-refractivity contribution in [3.8, 4) is 5.75 Å². The zero-order valence-electron chi connectivity index (χ0n) is 18.3. The van der Waals surface area contributed by atoms with Gasteiger partial charge in [0.25, 0.3) is 0 Å². The lowest BCUT2D eigenvalue weighted by molar-refractivity contribution is 0.327. The van der Waals surface area contributed by atoms with Gasteiger partial charge in [0.1, 0.15) is 16.5 Å². The van der Waals surface area contributed by atoms with Crippen LogP contribution in [0.5, 0.6) is 5.75 Å². The summed E-state index contributed by atoms with van der Waals surface area (Å²) >= 11 is 0. The monoisotopic (exact) mass is 444 g/mol. The molecule has 0 unspecified atom stereocenters. The third-order valence-corrected chi connectivity index (χ3v) is 7.44. The van der Waals surface area contributed by atoms with Gasteiger partial charge in [0.2, 0.25) is 10.0 Å². The van der Waals surface area contributed by atoms with Crippen molar-refractivity contribution >= 4 is 21.5 Å². The number of hydrogen-bond donors (Lipinski definition) is 0. The van der Waals surface area contributed by atoms with E-state index in [0.717, 1.165) is 11.4 Å². The van der Waals surface area contributed by atoms with Crippen LogP contribution in [0.25, 0.3) is 5.65 Å². The second kappa shape index (κ2) is 8.43. The molecule has 3 aromatic rings. The molecule has 3 heterocycles. The molecule has 4 rings (SSSR count). The van der Waals surface area contributed by atoms with Crippen molar-refractivity contribution in [2.45, 2.75) is 38.5 Å². The standard InChI is InChI=1S/C21H28N6O3S/c1-5-30-18-7-6-17(15(2)3)14-19(18)31(28,29)26-12-10-25(11-13-26)21-9-8-20-23-22-16(4)27(20)24-21/h6-9,14-15H,5,10-13H2,1-4H3. The van der Waals surface area contributed by atoms with E-state index in [1.54, 1.807) is 16.6 Å². The minimum atomic E-state index is -3.67. The van der Waals surface area contributed by atoms with Crippen LogP contribution in [0.1, 0.15) is 38.1 Å². The van der Waals surface area contributed by atoms with E-state index in [1.807, 2.05) is 45.9 Å². The van der Waals surface area contributed by atoms with Gasteiger partial charge in [-0.3, -0.25) is 0 Å². The Hall–Kier alpha value is -2.72. The van der Waals surface area contributed by atoms with Gasteiger partial charge in [-0.25, -0.2) is 8.42 Å². The molecule has 0 saturated carbocycles. The molecule has 10 heteroatoms. The van der Waals surface area contributed by atoms with Gasteiger partial charge < -0.3 is 9.64 Å². The Labute approximate surface area is 182 Å². The number of nitrogens with zero attached hydrogens (tertiary/aromatic N) is 6. The lowest BCUT2D eigenvalue weighted by atomic mass is 10.0. The molecule has 31 heavy (non-hydrogen) atoms. The van der Waals surface area contributed by atoms with Crippen LogP contribution in [0.15, 0.2) is 35.2 Å². The molecule has 9 nitrogen and oxygen atoms in total. The molecule has 0 amide bonds. The van der Waals surface area contributed by atoms with Crippen molar-refractivity contribution in [3.63, 3.8) is 0 Å². The zero-order valence-corrected chi connectivity index (χ0v) is 19.1. The lowest BCUT2D eigenvalue weighted by Gasteiger charge is -2.34. The van der Waals surface area contributed by atoms with Crippen LogP contribution < -0.4 is 9.64 Å². The zero-order chi connectivity index (χ0) is 22.2. The largest absolute Gasteiger partial charge is 0.492 e. The summed E-state index contributed by atoms with van der Waals surface area (Å²) in [7, 11) is -3.67. The predicted molar refractivity (Wildman–Crippen MR) is 118 cm³/mol. The predicted octanol–water partition coefficient (Wildman–Crippen LogP) is 2.47. The molecule has 1 saturated heterocycles. The van der Waals surface area contributed by atoms with E-state index in [4.69, 9.17) is 4.74 Å². The van der Waals surface area contributed by atoms with Gasteiger partial charge in [0.05, 0.1) is 6.61 Å². The summed E-state index contributed by atoms with van der Waals surface area (Å²) in [5.74, 6) is 2.13. The van der Waals surface area contributed by atoms with E-state index < -0.39 is 10.0 Å². The molecule has 2 aromatic heterocycles. The van der Waals surface area contributed by atoms with E-state index in [2.05, 4.69) is 20.2 Å². The first-order valence-electron chi connectivity index (χ1n) is 10.5. The number of sulfonamides is 1. The van der Waals surface area contributed by atoms with Gasteiger partial charge in [-0.1, -0.05) is 19.9 Å². The summed E-state index contributed by atoms with van der Waals surface area (Å²) in [4.78, 5) is 2.33. The highest BCUT2D eigenvalue weighted by Crippen LogP contribution is 2.31. The molecular formula is C21H28N6O3S. The maximum absolute atomic E-state index is 13.5. The molecule has 1 aliphatic heterocycles. The van der Waals surface area contributed by atoms with Crippen molar-refractivity contribution in [3.05, 3.63) is 41.7 Å². The smallest absolute Gasteiger partial charge is 0.246 e. The Kier molecular flexibility index (Phi) is 5.85. The fourth-order valence-corrected chi connectivity index (χ4v) is 5.30. The summed E-state index contributed by atoms with van der Waals surface area (Å²) in [6.45, 7) is 10.1. The van der Waals surface area contributed by atoms with Crippen molar-refractivity contribution in [1.82, 2.24) is 24.1 Å². The molecule has 0 atom stereocenters. The summed E-state index contributed by atoms with van der Waals surface area (Å²) in [6.07, 6.45) is 0. The SMILES string of the molecule is CCOc1ccc(C(C)C)cc1S(=O)(=O)N1CCN(c2ccc3nnc(C)n3n2)CC1. The summed E-state index contributed by atoms with van der Waals surface area (Å²) in [5, 5.41) is 12.7. The van der Waals surface area contributed by atoms with Gasteiger partial charge in [-0.2, -0.15) is 8.82 Å². The highest BCUT2D eigenvalue weighted by Gasteiger charge is 2.32. The summed E-state index contributed by atoms with van der Waals surface area (Å²) in [5.41, 5.74) is 1.67. The Balaban J connectivity index is 1.56. The average molecular weight is 445 g/mol. The van der Waals surface area contributed by atoms with Gasteiger partial charge in [0.15, 0.2) is 11.5 Å². The van der Waals surface area contributed by atoms with Gasteiger partial charge in [0, 0.05) is 26.2 Å². The molecule has 0 radical (unpaired) electrons. The Morgan fingerprint density at radius 2 is 1.81 bits per heavy atom. The highest BCUT2D eigenvalue weighted by atomic mass is 32.2. The Morgan fingerprint density at radius 3 is 2.48 bits per heavy atom. The summed E-state index contributed by atoms with van der Waals surface area (Å²) in [6, 6.07) is 9.22.